The number of rotatable bonds is 4. The molecule has 26 heavy (non-hydrogen) atoms. The molecule has 0 unspecified atom stereocenters. The SMILES string of the molecule is Cc1cc2c(cc1C)N(CCCC1CCOCC1)C1=NCNC(=O)C1=N2. The summed E-state index contributed by atoms with van der Waals surface area (Å²) in [5.74, 6) is 1.34. The van der Waals surface area contributed by atoms with Crippen molar-refractivity contribution in [1.82, 2.24) is 5.32 Å². The smallest absolute Gasteiger partial charge is 0.275 e. The van der Waals surface area contributed by atoms with Crippen molar-refractivity contribution < 1.29 is 9.53 Å². The quantitative estimate of drug-likeness (QED) is 0.904. The molecule has 0 aliphatic carbocycles. The zero-order valence-electron chi connectivity index (χ0n) is 15.5. The fourth-order valence-corrected chi connectivity index (χ4v) is 3.89. The number of nitrogens with one attached hydrogen (secondary N) is 1. The van der Waals surface area contributed by atoms with Crippen LogP contribution in [0.15, 0.2) is 22.1 Å². The highest BCUT2D eigenvalue weighted by molar-refractivity contribution is 6.70. The van der Waals surface area contributed by atoms with Gasteiger partial charge < -0.3 is 15.0 Å². The number of nitrogens with zero attached hydrogens (tertiary/aromatic N) is 3. The first kappa shape index (κ1) is 17.2. The Kier molecular flexibility index (Phi) is 4.76. The normalized spacial score (nSPS) is 20.1. The lowest BCUT2D eigenvalue weighted by Crippen LogP contribution is -2.50. The van der Waals surface area contributed by atoms with Crippen molar-refractivity contribution >= 4 is 28.8 Å². The van der Waals surface area contributed by atoms with Gasteiger partial charge in [-0.05, 0) is 68.7 Å². The zero-order chi connectivity index (χ0) is 18.1. The molecule has 1 saturated heterocycles. The van der Waals surface area contributed by atoms with Gasteiger partial charge in [0.25, 0.3) is 5.91 Å². The highest BCUT2D eigenvalue weighted by atomic mass is 16.5. The number of hydrogen-bond acceptors (Lipinski definition) is 5. The van der Waals surface area contributed by atoms with Gasteiger partial charge >= 0.3 is 0 Å². The Bertz CT molecular complexity index is 778. The van der Waals surface area contributed by atoms with Crippen LogP contribution in [0.4, 0.5) is 11.4 Å². The summed E-state index contributed by atoms with van der Waals surface area (Å²) >= 11 is 0. The molecule has 6 heteroatoms. The third-order valence-electron chi connectivity index (χ3n) is 5.60. The van der Waals surface area contributed by atoms with Crippen LogP contribution in [0.25, 0.3) is 0 Å². The molecule has 1 fully saturated rings. The summed E-state index contributed by atoms with van der Waals surface area (Å²) in [5.41, 5.74) is 4.80. The van der Waals surface area contributed by atoms with E-state index in [2.05, 4.69) is 46.2 Å². The topological polar surface area (TPSA) is 66.3 Å². The molecule has 1 amide bonds. The second-order valence-electron chi connectivity index (χ2n) is 7.38. The maximum absolute atomic E-state index is 12.3. The minimum absolute atomic E-state index is 0.131. The van der Waals surface area contributed by atoms with E-state index in [1.165, 1.54) is 17.5 Å². The molecule has 138 valence electrons. The summed E-state index contributed by atoms with van der Waals surface area (Å²) < 4.78 is 5.46. The van der Waals surface area contributed by atoms with Gasteiger partial charge in [-0.25, -0.2) is 9.98 Å². The molecule has 1 N–H and O–H groups in total. The van der Waals surface area contributed by atoms with E-state index in [1.807, 2.05) is 0 Å². The molecule has 6 nitrogen and oxygen atoms in total. The lowest BCUT2D eigenvalue weighted by molar-refractivity contribution is -0.114. The predicted molar refractivity (Wildman–Crippen MR) is 104 cm³/mol. The van der Waals surface area contributed by atoms with E-state index < -0.39 is 0 Å². The van der Waals surface area contributed by atoms with Gasteiger partial charge in [-0.1, -0.05) is 0 Å². The van der Waals surface area contributed by atoms with Crippen LogP contribution in [-0.4, -0.2) is 43.9 Å². The van der Waals surface area contributed by atoms with E-state index in [-0.39, 0.29) is 5.91 Å². The Morgan fingerprint density at radius 1 is 1.23 bits per heavy atom. The summed E-state index contributed by atoms with van der Waals surface area (Å²) in [6.07, 6.45) is 4.58. The fourth-order valence-electron chi connectivity index (χ4n) is 3.89. The van der Waals surface area contributed by atoms with Crippen molar-refractivity contribution in [2.45, 2.75) is 39.5 Å². The lowest BCUT2D eigenvalue weighted by Gasteiger charge is -2.34. The van der Waals surface area contributed by atoms with Gasteiger partial charge in [0.2, 0.25) is 0 Å². The van der Waals surface area contributed by atoms with Crippen molar-refractivity contribution in [3.63, 3.8) is 0 Å². The van der Waals surface area contributed by atoms with E-state index in [1.54, 1.807) is 0 Å². The summed E-state index contributed by atoms with van der Waals surface area (Å²) in [6, 6.07) is 4.25. The number of hydrogen-bond donors (Lipinski definition) is 1. The molecular weight excluding hydrogens is 328 g/mol. The maximum Gasteiger partial charge on any atom is 0.275 e. The standard InChI is InChI=1S/C20H26N4O2/c1-13-10-16-17(11-14(13)2)24(7-3-4-15-5-8-26-9-6-15)19-18(23-16)20(25)22-12-21-19/h10-11,15H,3-9,12H2,1-2H3,(H,22,25). The van der Waals surface area contributed by atoms with Gasteiger partial charge in [0.15, 0.2) is 11.5 Å². The third kappa shape index (κ3) is 3.26. The van der Waals surface area contributed by atoms with E-state index in [4.69, 9.17) is 4.74 Å². The Hall–Kier alpha value is -2.21. The van der Waals surface area contributed by atoms with E-state index >= 15 is 0 Å². The van der Waals surface area contributed by atoms with Crippen LogP contribution in [-0.2, 0) is 9.53 Å². The number of anilines is 1. The first-order valence-corrected chi connectivity index (χ1v) is 9.51. The largest absolute Gasteiger partial charge is 0.381 e. The van der Waals surface area contributed by atoms with Crippen LogP contribution in [0.1, 0.15) is 36.8 Å². The molecule has 0 saturated carbocycles. The van der Waals surface area contributed by atoms with E-state index in [0.29, 0.717) is 12.4 Å². The highest BCUT2D eigenvalue weighted by Gasteiger charge is 2.32. The molecule has 1 aromatic carbocycles. The fraction of sp³-hybridized carbons (Fsp3) is 0.550. The Balaban J connectivity index is 1.59. The molecule has 0 bridgehead atoms. The second kappa shape index (κ2) is 7.19. The van der Waals surface area contributed by atoms with E-state index in [0.717, 1.165) is 62.1 Å². The number of aryl methyl sites for hydroxylation is 2. The number of carbonyl (C=O) groups excluding carboxylic acids is 1. The molecule has 0 atom stereocenters. The number of amides is 1. The predicted octanol–water partition coefficient (Wildman–Crippen LogP) is 2.89. The number of benzene rings is 1. The molecule has 0 spiro atoms. The second-order valence-corrected chi connectivity index (χ2v) is 7.38. The number of carbonyl (C=O) groups is 1. The van der Waals surface area contributed by atoms with Crippen LogP contribution in [0.5, 0.6) is 0 Å². The highest BCUT2D eigenvalue weighted by Crippen LogP contribution is 2.36. The number of ether oxygens (including phenoxy) is 1. The molecule has 3 heterocycles. The van der Waals surface area contributed by atoms with E-state index in [9.17, 15) is 4.79 Å². The van der Waals surface area contributed by atoms with Gasteiger partial charge in [0, 0.05) is 19.8 Å². The van der Waals surface area contributed by atoms with Crippen molar-refractivity contribution in [1.29, 1.82) is 0 Å². The Morgan fingerprint density at radius 2 is 2.00 bits per heavy atom. The Morgan fingerprint density at radius 3 is 2.81 bits per heavy atom. The Labute approximate surface area is 154 Å². The van der Waals surface area contributed by atoms with Crippen LogP contribution in [0.3, 0.4) is 0 Å². The number of aliphatic imine (C=N–C) groups is 2. The van der Waals surface area contributed by atoms with Crippen LogP contribution < -0.4 is 10.2 Å². The summed E-state index contributed by atoms with van der Waals surface area (Å²) in [7, 11) is 0. The summed E-state index contributed by atoms with van der Waals surface area (Å²) in [5, 5.41) is 2.77. The first-order valence-electron chi connectivity index (χ1n) is 9.51. The third-order valence-corrected chi connectivity index (χ3v) is 5.60. The lowest BCUT2D eigenvalue weighted by atomic mass is 9.94. The minimum Gasteiger partial charge on any atom is -0.381 e. The average Bonchev–Trinajstić information content (AvgIpc) is 2.64. The molecule has 3 aliphatic heterocycles. The zero-order valence-corrected chi connectivity index (χ0v) is 15.5. The number of amidine groups is 1. The molecule has 4 rings (SSSR count). The van der Waals surface area contributed by atoms with Crippen LogP contribution >= 0.6 is 0 Å². The average molecular weight is 354 g/mol. The molecular formula is C20H26N4O2. The van der Waals surface area contributed by atoms with Gasteiger partial charge in [-0.15, -0.1) is 0 Å². The summed E-state index contributed by atoms with van der Waals surface area (Å²) in [6.45, 7) is 7.15. The van der Waals surface area contributed by atoms with Gasteiger partial charge in [-0.3, -0.25) is 4.79 Å². The monoisotopic (exact) mass is 354 g/mol. The first-order chi connectivity index (χ1) is 12.6. The van der Waals surface area contributed by atoms with Crippen molar-refractivity contribution in [2.24, 2.45) is 15.9 Å². The van der Waals surface area contributed by atoms with Gasteiger partial charge in [0.05, 0.1) is 11.4 Å². The molecule has 1 aromatic rings. The van der Waals surface area contributed by atoms with Crippen LogP contribution in [0.2, 0.25) is 0 Å². The molecule has 0 aromatic heterocycles. The molecule has 3 aliphatic rings. The van der Waals surface area contributed by atoms with Crippen molar-refractivity contribution in [3.05, 3.63) is 23.3 Å². The molecule has 0 radical (unpaired) electrons. The summed E-state index contributed by atoms with van der Waals surface area (Å²) in [4.78, 5) is 23.7. The minimum atomic E-state index is -0.131. The number of fused-ring (bicyclic) bond motifs is 2. The van der Waals surface area contributed by atoms with Crippen LogP contribution in [0, 0.1) is 19.8 Å². The van der Waals surface area contributed by atoms with Gasteiger partial charge in [0.1, 0.15) is 6.67 Å². The van der Waals surface area contributed by atoms with Gasteiger partial charge in [-0.2, -0.15) is 0 Å². The van der Waals surface area contributed by atoms with Crippen molar-refractivity contribution in [2.75, 3.05) is 31.3 Å². The maximum atomic E-state index is 12.3. The van der Waals surface area contributed by atoms with Crippen molar-refractivity contribution in [3.8, 4) is 0 Å².